The summed E-state index contributed by atoms with van der Waals surface area (Å²) in [5.41, 5.74) is -5.10. The lowest BCUT2D eigenvalue weighted by Gasteiger charge is -2.25. The van der Waals surface area contributed by atoms with Crippen LogP contribution in [-0.4, -0.2) is 15.3 Å². The molecule has 0 unspecified atom stereocenters. The number of hydrogen-bond acceptors (Lipinski definition) is 2. The lowest BCUT2D eigenvalue weighted by molar-refractivity contribution is -0.288. The molecule has 0 atom stereocenters. The lowest BCUT2D eigenvalue weighted by atomic mass is 9.93. The standard InChI is InChI=1S/C22H11F7N6/c1-20(23,24)15-11-6-13(10(8-30)9-31)34(4)18(11)16(21(25,26)22(27,28)29)12-7-14(19(32-2)33-3)35(5)17(12)15/h6-7H,1,4-5H3. The number of halogens is 7. The minimum absolute atomic E-state index is 0.399. The molecule has 35 heavy (non-hydrogen) atoms. The summed E-state index contributed by atoms with van der Waals surface area (Å²) in [6.45, 7) is 14.6. The van der Waals surface area contributed by atoms with Gasteiger partial charge >= 0.3 is 17.9 Å². The summed E-state index contributed by atoms with van der Waals surface area (Å²) in [7, 11) is 2.02. The second-order valence-corrected chi connectivity index (χ2v) is 7.56. The highest BCUT2D eigenvalue weighted by Gasteiger charge is 2.61. The van der Waals surface area contributed by atoms with Crippen LogP contribution in [0.4, 0.5) is 30.7 Å². The Labute approximate surface area is 192 Å². The van der Waals surface area contributed by atoms with Crippen molar-refractivity contribution in [3.8, 4) is 12.1 Å². The average Bonchev–Trinajstić information content (AvgIpc) is 3.24. The highest BCUT2D eigenvalue weighted by atomic mass is 19.4. The van der Waals surface area contributed by atoms with E-state index in [0.29, 0.717) is 17.6 Å². The first-order valence-electron chi connectivity index (χ1n) is 9.36. The lowest BCUT2D eigenvalue weighted by Crippen LogP contribution is -2.35. The molecule has 13 heteroatoms. The van der Waals surface area contributed by atoms with Crippen molar-refractivity contribution in [3.05, 3.63) is 56.8 Å². The van der Waals surface area contributed by atoms with Gasteiger partial charge in [-0.25, -0.2) is 8.78 Å². The van der Waals surface area contributed by atoms with Gasteiger partial charge in [-0.15, -0.1) is 0 Å². The fraction of sp³-hybridized carbons (Fsp3) is 0.273. The number of fused-ring (bicyclic) bond motifs is 2. The van der Waals surface area contributed by atoms with E-state index in [9.17, 15) is 32.5 Å². The molecule has 6 nitrogen and oxygen atoms in total. The van der Waals surface area contributed by atoms with Crippen LogP contribution in [0.15, 0.2) is 12.1 Å². The van der Waals surface area contributed by atoms with E-state index < -0.39 is 73.0 Å². The number of nitrogens with zero attached hydrogens (tertiary/aromatic N) is 6. The molecule has 0 amide bonds. The largest absolute Gasteiger partial charge is 0.543 e. The van der Waals surface area contributed by atoms with E-state index in [1.54, 1.807) is 0 Å². The zero-order valence-corrected chi connectivity index (χ0v) is 18.0. The first-order valence-corrected chi connectivity index (χ1v) is 9.36. The molecule has 3 aromatic rings. The molecule has 0 saturated heterocycles. The van der Waals surface area contributed by atoms with Crippen LogP contribution in [0.5, 0.6) is 0 Å². The second kappa shape index (κ2) is 7.78. The Morgan fingerprint density at radius 3 is 1.69 bits per heavy atom. The van der Waals surface area contributed by atoms with Gasteiger partial charge in [-0.1, -0.05) is 0 Å². The summed E-state index contributed by atoms with van der Waals surface area (Å²) in [6.07, 6.45) is -6.16. The summed E-state index contributed by atoms with van der Waals surface area (Å²) < 4.78 is 102. The van der Waals surface area contributed by atoms with E-state index in [4.69, 9.17) is 13.1 Å². The first kappa shape index (κ1) is 25.1. The maximum atomic E-state index is 15.0. The van der Waals surface area contributed by atoms with Crippen molar-refractivity contribution in [2.75, 3.05) is 0 Å². The minimum atomic E-state index is -6.16. The van der Waals surface area contributed by atoms with Gasteiger partial charge in [0.1, 0.15) is 30.6 Å². The zero-order valence-electron chi connectivity index (χ0n) is 18.0. The van der Waals surface area contributed by atoms with E-state index in [2.05, 4.69) is 9.69 Å². The third kappa shape index (κ3) is 3.45. The molecule has 0 fully saturated rings. The molecule has 0 aliphatic heterocycles. The quantitative estimate of drug-likeness (QED) is 0.390. The van der Waals surface area contributed by atoms with Crippen LogP contribution in [0.25, 0.3) is 42.9 Å². The van der Waals surface area contributed by atoms with Crippen LogP contribution < -0.4 is 10.7 Å². The minimum Gasteiger partial charge on any atom is -0.347 e. The van der Waals surface area contributed by atoms with Gasteiger partial charge in [0.25, 0.3) is 5.92 Å². The van der Waals surface area contributed by atoms with E-state index in [1.807, 2.05) is 0 Å². The van der Waals surface area contributed by atoms with Gasteiger partial charge in [0, 0.05) is 31.8 Å². The monoisotopic (exact) mass is 492 g/mol. The molecule has 0 N–H and O–H groups in total. The molecule has 0 aliphatic rings. The van der Waals surface area contributed by atoms with Gasteiger partial charge in [-0.05, 0) is 12.1 Å². The van der Waals surface area contributed by atoms with E-state index in [0.717, 1.165) is 24.7 Å². The third-order valence-electron chi connectivity index (χ3n) is 5.51. The van der Waals surface area contributed by atoms with Gasteiger partial charge < -0.3 is 9.13 Å². The highest BCUT2D eigenvalue weighted by molar-refractivity contribution is 6.06. The highest BCUT2D eigenvalue weighted by Crippen LogP contribution is 2.51. The smallest absolute Gasteiger partial charge is 0.347 e. The number of rotatable bonds is 2. The third-order valence-corrected chi connectivity index (χ3v) is 5.51. The van der Waals surface area contributed by atoms with Crippen molar-refractivity contribution in [1.29, 1.82) is 10.5 Å². The fourth-order valence-electron chi connectivity index (χ4n) is 4.08. The molecule has 178 valence electrons. The van der Waals surface area contributed by atoms with Crippen molar-refractivity contribution >= 4 is 33.2 Å². The Morgan fingerprint density at radius 2 is 1.26 bits per heavy atom. The van der Waals surface area contributed by atoms with Gasteiger partial charge in [0.15, 0.2) is 5.57 Å². The molecule has 0 bridgehead atoms. The van der Waals surface area contributed by atoms with Crippen molar-refractivity contribution in [2.45, 2.75) is 24.9 Å². The number of aromatic nitrogens is 2. The summed E-state index contributed by atoms with van der Waals surface area (Å²) >= 11 is 0. The molecule has 0 radical (unpaired) electrons. The predicted octanol–water partition coefficient (Wildman–Crippen LogP) is 4.54. The van der Waals surface area contributed by atoms with E-state index in [1.165, 1.54) is 12.1 Å². The van der Waals surface area contributed by atoms with Crippen LogP contribution in [0.2, 0.25) is 0 Å². The number of hydrogen-bond donors (Lipinski definition) is 0. The molecular formula is C22H11F7N6. The molecule has 1 aromatic carbocycles. The first-order chi connectivity index (χ1) is 16.1. The van der Waals surface area contributed by atoms with Crippen molar-refractivity contribution in [1.82, 2.24) is 9.13 Å². The predicted molar refractivity (Wildman–Crippen MR) is 109 cm³/mol. The van der Waals surface area contributed by atoms with Crippen LogP contribution in [0, 0.1) is 35.8 Å². The number of nitriles is 2. The van der Waals surface area contributed by atoms with Crippen LogP contribution in [0.3, 0.4) is 0 Å². The average molecular weight is 492 g/mol. The molecule has 0 aliphatic carbocycles. The van der Waals surface area contributed by atoms with Crippen LogP contribution >= 0.6 is 0 Å². The van der Waals surface area contributed by atoms with Crippen molar-refractivity contribution in [2.24, 2.45) is 14.1 Å². The van der Waals surface area contributed by atoms with Gasteiger partial charge in [-0.2, -0.15) is 42.2 Å². The number of aryl methyl sites for hydroxylation is 2. The maximum Gasteiger partial charge on any atom is 0.543 e. The second-order valence-electron chi connectivity index (χ2n) is 7.56. The SMILES string of the molecule is [C-]#[N+]C([N+]#[C-])=c1cc2c(C(F)(F)C(F)(F)F)c3c(cc(=C(C#N)C#N)n3C)c(C(C)(F)F)c2n1C. The van der Waals surface area contributed by atoms with E-state index in [-0.39, 0.29) is 0 Å². The Bertz CT molecular complexity index is 1630. The maximum absolute atomic E-state index is 15.0. The topological polar surface area (TPSA) is 66.2 Å². The number of benzene rings is 1. The Balaban J connectivity index is 2.97. The molecule has 3 rings (SSSR count). The fourth-order valence-corrected chi connectivity index (χ4v) is 4.08. The summed E-state index contributed by atoms with van der Waals surface area (Å²) in [5.74, 6) is -10.1. The molecule has 2 heterocycles. The van der Waals surface area contributed by atoms with Crippen molar-refractivity contribution in [3.63, 3.8) is 0 Å². The van der Waals surface area contributed by atoms with Crippen LogP contribution in [0.1, 0.15) is 18.1 Å². The van der Waals surface area contributed by atoms with Gasteiger partial charge in [-0.3, -0.25) is 0 Å². The Kier molecular flexibility index (Phi) is 5.59. The van der Waals surface area contributed by atoms with Crippen LogP contribution in [-0.2, 0) is 25.9 Å². The Morgan fingerprint density at radius 1 is 0.829 bits per heavy atom. The summed E-state index contributed by atoms with van der Waals surface area (Å²) in [6, 6.07) is 4.37. The Hall–Kier alpha value is -4.49. The normalized spacial score (nSPS) is 12.2. The number of alkyl halides is 7. The van der Waals surface area contributed by atoms with Gasteiger partial charge in [0.05, 0.1) is 27.5 Å². The van der Waals surface area contributed by atoms with Crippen molar-refractivity contribution < 1.29 is 30.7 Å². The summed E-state index contributed by atoms with van der Waals surface area (Å²) in [5, 5.41) is 15.8. The van der Waals surface area contributed by atoms with E-state index >= 15 is 8.78 Å². The van der Waals surface area contributed by atoms with Gasteiger partial charge in [0.2, 0.25) is 0 Å². The molecule has 0 saturated carbocycles. The molecule has 2 aromatic heterocycles. The zero-order chi connectivity index (χ0) is 26.7. The summed E-state index contributed by atoms with van der Waals surface area (Å²) in [4.78, 5) is 5.83. The molecular weight excluding hydrogens is 481 g/mol. The molecule has 0 spiro atoms.